The summed E-state index contributed by atoms with van der Waals surface area (Å²) >= 11 is 1.13. The predicted molar refractivity (Wildman–Crippen MR) is 66.9 cm³/mol. The van der Waals surface area contributed by atoms with E-state index < -0.39 is 11.7 Å². The molecule has 2 aromatic carbocycles. The standard InChI is InChI=1S/C13H10F3NS/c14-13(15,16)11-5-1-9(2-6-11)10-3-7-12(18-17)8-4-10/h1-8H,17H2. The van der Waals surface area contributed by atoms with Crippen LogP contribution < -0.4 is 5.14 Å². The fourth-order valence-electron chi connectivity index (χ4n) is 1.58. The summed E-state index contributed by atoms with van der Waals surface area (Å²) in [6, 6.07) is 12.4. The fraction of sp³-hybridized carbons (Fsp3) is 0.0769. The second-order valence-corrected chi connectivity index (χ2v) is 4.42. The van der Waals surface area contributed by atoms with Gasteiger partial charge in [0.05, 0.1) is 5.56 Å². The van der Waals surface area contributed by atoms with Crippen LogP contribution in [0, 0.1) is 0 Å². The van der Waals surface area contributed by atoms with E-state index >= 15 is 0 Å². The Balaban J connectivity index is 2.28. The summed E-state index contributed by atoms with van der Waals surface area (Å²) in [7, 11) is 0. The number of benzene rings is 2. The molecule has 18 heavy (non-hydrogen) atoms. The number of hydrogen-bond donors (Lipinski definition) is 1. The van der Waals surface area contributed by atoms with Gasteiger partial charge >= 0.3 is 6.18 Å². The molecule has 2 rings (SSSR count). The van der Waals surface area contributed by atoms with Crippen molar-refractivity contribution in [3.8, 4) is 11.1 Å². The maximum Gasteiger partial charge on any atom is 0.416 e. The van der Waals surface area contributed by atoms with Crippen molar-refractivity contribution in [3.05, 3.63) is 54.1 Å². The molecule has 0 spiro atoms. The van der Waals surface area contributed by atoms with Gasteiger partial charge < -0.3 is 0 Å². The molecule has 2 N–H and O–H groups in total. The molecule has 0 amide bonds. The molecule has 0 bridgehead atoms. The maximum absolute atomic E-state index is 12.4. The molecule has 0 aliphatic carbocycles. The van der Waals surface area contributed by atoms with E-state index in [1.54, 1.807) is 0 Å². The summed E-state index contributed by atoms with van der Waals surface area (Å²) in [6.07, 6.45) is -4.29. The topological polar surface area (TPSA) is 26.0 Å². The van der Waals surface area contributed by atoms with Crippen LogP contribution in [-0.2, 0) is 6.18 Å². The molecule has 0 saturated carbocycles. The van der Waals surface area contributed by atoms with Crippen LogP contribution in [0.4, 0.5) is 13.2 Å². The lowest BCUT2D eigenvalue weighted by atomic mass is 10.0. The van der Waals surface area contributed by atoms with E-state index in [0.717, 1.165) is 40.1 Å². The van der Waals surface area contributed by atoms with Crippen molar-refractivity contribution in [2.24, 2.45) is 5.14 Å². The van der Waals surface area contributed by atoms with Crippen molar-refractivity contribution < 1.29 is 13.2 Å². The van der Waals surface area contributed by atoms with Gasteiger partial charge in [0.1, 0.15) is 0 Å². The van der Waals surface area contributed by atoms with E-state index in [4.69, 9.17) is 5.14 Å². The number of nitrogens with two attached hydrogens (primary N) is 1. The van der Waals surface area contributed by atoms with E-state index in [9.17, 15) is 13.2 Å². The first-order chi connectivity index (χ1) is 8.50. The Morgan fingerprint density at radius 3 is 1.61 bits per heavy atom. The highest BCUT2D eigenvalue weighted by Gasteiger charge is 2.29. The third kappa shape index (κ3) is 2.86. The van der Waals surface area contributed by atoms with Gasteiger partial charge in [0.2, 0.25) is 0 Å². The minimum absolute atomic E-state index is 0.639. The highest BCUT2D eigenvalue weighted by molar-refractivity contribution is 7.97. The van der Waals surface area contributed by atoms with Gasteiger partial charge in [-0.15, -0.1) is 0 Å². The third-order valence-electron chi connectivity index (χ3n) is 2.54. The van der Waals surface area contributed by atoms with Gasteiger partial charge in [-0.25, -0.2) is 0 Å². The zero-order valence-corrected chi connectivity index (χ0v) is 10.1. The van der Waals surface area contributed by atoms with Crippen molar-refractivity contribution in [3.63, 3.8) is 0 Å². The lowest BCUT2D eigenvalue weighted by Gasteiger charge is -2.08. The second-order valence-electron chi connectivity index (χ2n) is 3.72. The Morgan fingerprint density at radius 2 is 1.22 bits per heavy atom. The van der Waals surface area contributed by atoms with Crippen LogP contribution in [0.5, 0.6) is 0 Å². The molecule has 0 unspecified atom stereocenters. The minimum atomic E-state index is -4.29. The van der Waals surface area contributed by atoms with Crippen LogP contribution in [-0.4, -0.2) is 0 Å². The molecule has 0 heterocycles. The molecule has 0 atom stereocenters. The number of halogens is 3. The zero-order valence-electron chi connectivity index (χ0n) is 9.24. The fourth-order valence-corrected chi connectivity index (χ4v) is 1.87. The summed E-state index contributed by atoms with van der Waals surface area (Å²) < 4.78 is 37.2. The Hall–Kier alpha value is -1.46. The molecule has 0 fully saturated rings. The van der Waals surface area contributed by atoms with E-state index in [-0.39, 0.29) is 0 Å². The van der Waals surface area contributed by atoms with Gasteiger partial charge in [0.25, 0.3) is 0 Å². The summed E-state index contributed by atoms with van der Waals surface area (Å²) in [5.74, 6) is 0. The minimum Gasteiger partial charge on any atom is -0.274 e. The van der Waals surface area contributed by atoms with Crippen LogP contribution in [0.3, 0.4) is 0 Å². The first-order valence-electron chi connectivity index (χ1n) is 5.15. The molecule has 0 aliphatic rings. The predicted octanol–water partition coefficient (Wildman–Crippen LogP) is 4.34. The lowest BCUT2D eigenvalue weighted by molar-refractivity contribution is -0.137. The molecule has 0 aromatic heterocycles. The van der Waals surface area contributed by atoms with Crippen molar-refractivity contribution in [2.45, 2.75) is 11.1 Å². The number of rotatable bonds is 2. The summed E-state index contributed by atoms with van der Waals surface area (Å²) in [5, 5.41) is 5.40. The molecule has 5 heteroatoms. The van der Waals surface area contributed by atoms with Crippen molar-refractivity contribution >= 4 is 11.9 Å². The van der Waals surface area contributed by atoms with Gasteiger partial charge in [0.15, 0.2) is 0 Å². The van der Waals surface area contributed by atoms with Gasteiger partial charge in [0, 0.05) is 4.90 Å². The van der Waals surface area contributed by atoms with Crippen LogP contribution >= 0.6 is 11.9 Å². The first-order valence-corrected chi connectivity index (χ1v) is 6.03. The third-order valence-corrected chi connectivity index (χ3v) is 3.08. The molecular weight excluding hydrogens is 259 g/mol. The van der Waals surface area contributed by atoms with Gasteiger partial charge in [-0.2, -0.15) is 13.2 Å². The largest absolute Gasteiger partial charge is 0.416 e. The van der Waals surface area contributed by atoms with E-state index in [1.807, 2.05) is 24.3 Å². The summed E-state index contributed by atoms with van der Waals surface area (Å²) in [4.78, 5) is 0.908. The second kappa shape index (κ2) is 5.04. The Morgan fingerprint density at radius 1 is 0.778 bits per heavy atom. The molecule has 1 nitrogen and oxygen atoms in total. The Labute approximate surface area is 107 Å². The Bertz CT molecular complexity index is 517. The maximum atomic E-state index is 12.4. The molecule has 0 aliphatic heterocycles. The van der Waals surface area contributed by atoms with Crippen molar-refractivity contribution in [2.75, 3.05) is 0 Å². The van der Waals surface area contributed by atoms with E-state index in [0.29, 0.717) is 0 Å². The molecule has 94 valence electrons. The highest BCUT2D eigenvalue weighted by atomic mass is 32.2. The normalized spacial score (nSPS) is 11.6. The van der Waals surface area contributed by atoms with Crippen molar-refractivity contribution in [1.29, 1.82) is 0 Å². The lowest BCUT2D eigenvalue weighted by Crippen LogP contribution is -2.03. The van der Waals surface area contributed by atoms with Gasteiger partial charge in [-0.3, -0.25) is 5.14 Å². The number of hydrogen-bond acceptors (Lipinski definition) is 2. The van der Waals surface area contributed by atoms with Crippen molar-refractivity contribution in [1.82, 2.24) is 0 Å². The quantitative estimate of drug-likeness (QED) is 0.821. The van der Waals surface area contributed by atoms with E-state index in [1.165, 1.54) is 12.1 Å². The van der Waals surface area contributed by atoms with Crippen LogP contribution in [0.2, 0.25) is 0 Å². The van der Waals surface area contributed by atoms with Crippen LogP contribution in [0.1, 0.15) is 5.56 Å². The smallest absolute Gasteiger partial charge is 0.274 e. The highest BCUT2D eigenvalue weighted by Crippen LogP contribution is 2.31. The Kier molecular flexibility index (Phi) is 3.63. The van der Waals surface area contributed by atoms with Crippen LogP contribution in [0.25, 0.3) is 11.1 Å². The first kappa shape index (κ1) is 13.0. The van der Waals surface area contributed by atoms with Crippen LogP contribution in [0.15, 0.2) is 53.4 Å². The van der Waals surface area contributed by atoms with Gasteiger partial charge in [-0.05, 0) is 47.3 Å². The average molecular weight is 269 g/mol. The molecule has 2 aromatic rings. The zero-order chi connectivity index (χ0) is 13.2. The molecule has 0 saturated heterocycles. The molecule has 0 radical (unpaired) electrons. The van der Waals surface area contributed by atoms with E-state index in [2.05, 4.69) is 0 Å². The summed E-state index contributed by atoms with van der Waals surface area (Å²) in [5.41, 5.74) is 0.971. The average Bonchev–Trinajstić information content (AvgIpc) is 2.38. The monoisotopic (exact) mass is 269 g/mol. The molecular formula is C13H10F3NS. The SMILES string of the molecule is NSc1ccc(-c2ccc(C(F)(F)F)cc2)cc1. The van der Waals surface area contributed by atoms with Gasteiger partial charge in [-0.1, -0.05) is 24.3 Å². The summed E-state index contributed by atoms with van der Waals surface area (Å²) in [6.45, 7) is 0. The number of alkyl halides is 3.